The predicted octanol–water partition coefficient (Wildman–Crippen LogP) is 3.51. The Bertz CT molecular complexity index is 629. The number of hydrogen-bond acceptors (Lipinski definition) is 3. The van der Waals surface area contributed by atoms with Crippen molar-refractivity contribution in [1.82, 2.24) is 10.3 Å². The van der Waals surface area contributed by atoms with Gasteiger partial charge in [-0.1, -0.05) is 12.1 Å². The molecular formula is C15H15Br2N3O. The van der Waals surface area contributed by atoms with Crippen molar-refractivity contribution < 1.29 is 4.79 Å². The number of amides is 1. The highest BCUT2D eigenvalue weighted by atomic mass is 79.9. The topological polar surface area (TPSA) is 54.0 Å². The van der Waals surface area contributed by atoms with Gasteiger partial charge >= 0.3 is 0 Å². The number of benzene rings is 1. The summed E-state index contributed by atoms with van der Waals surface area (Å²) in [7, 11) is 1.64. The van der Waals surface area contributed by atoms with Crippen molar-refractivity contribution in [2.24, 2.45) is 0 Å². The Morgan fingerprint density at radius 3 is 2.57 bits per heavy atom. The van der Waals surface area contributed by atoms with Gasteiger partial charge < -0.3 is 10.6 Å². The number of carbonyl (C=O) groups excluding carboxylic acids is 1. The van der Waals surface area contributed by atoms with Crippen LogP contribution < -0.4 is 10.6 Å². The monoisotopic (exact) mass is 411 g/mol. The van der Waals surface area contributed by atoms with Gasteiger partial charge in [-0.2, -0.15) is 0 Å². The zero-order valence-corrected chi connectivity index (χ0v) is 14.7. The molecule has 0 aliphatic rings. The Balaban J connectivity index is 1.96. The van der Waals surface area contributed by atoms with Crippen LogP contribution in [-0.4, -0.2) is 17.9 Å². The Hall–Kier alpha value is -1.40. The summed E-state index contributed by atoms with van der Waals surface area (Å²) in [5, 5.41) is 5.92. The maximum Gasteiger partial charge on any atom is 0.224 e. The molecule has 110 valence electrons. The Morgan fingerprint density at radius 2 is 1.95 bits per heavy atom. The molecule has 0 unspecified atom stereocenters. The third-order valence-corrected chi connectivity index (χ3v) is 4.06. The first-order valence-corrected chi connectivity index (χ1v) is 8.00. The molecule has 1 heterocycles. The molecule has 0 fully saturated rings. The van der Waals surface area contributed by atoms with Crippen molar-refractivity contribution in [2.75, 3.05) is 12.4 Å². The van der Waals surface area contributed by atoms with Gasteiger partial charge in [-0.15, -0.1) is 0 Å². The third kappa shape index (κ3) is 4.82. The van der Waals surface area contributed by atoms with Crippen LogP contribution in [0.25, 0.3) is 0 Å². The van der Waals surface area contributed by atoms with E-state index in [1.54, 1.807) is 13.2 Å². The number of pyridine rings is 1. The predicted molar refractivity (Wildman–Crippen MR) is 91.2 cm³/mol. The number of nitrogens with one attached hydrogen (secondary N) is 2. The summed E-state index contributed by atoms with van der Waals surface area (Å²) < 4.78 is 1.90. The van der Waals surface area contributed by atoms with E-state index in [0.717, 1.165) is 25.9 Å². The largest absolute Gasteiger partial charge is 0.379 e. The summed E-state index contributed by atoms with van der Waals surface area (Å²) in [4.78, 5) is 15.6. The van der Waals surface area contributed by atoms with Crippen LogP contribution in [0.3, 0.4) is 0 Å². The van der Waals surface area contributed by atoms with E-state index in [2.05, 4.69) is 47.5 Å². The van der Waals surface area contributed by atoms with Crippen LogP contribution in [0.1, 0.15) is 11.3 Å². The molecule has 1 amide bonds. The number of likely N-dealkylation sites (N-methyl/N-ethyl adjacent to an activating group) is 1. The average Bonchev–Trinajstić information content (AvgIpc) is 2.48. The summed E-state index contributed by atoms with van der Waals surface area (Å²) >= 11 is 6.87. The molecule has 2 rings (SSSR count). The molecule has 0 aliphatic carbocycles. The molecule has 4 nitrogen and oxygen atoms in total. The van der Waals surface area contributed by atoms with Gasteiger partial charge in [-0.05, 0) is 55.6 Å². The van der Waals surface area contributed by atoms with Gasteiger partial charge in [0.05, 0.1) is 18.7 Å². The van der Waals surface area contributed by atoms with Crippen LogP contribution in [0, 0.1) is 0 Å². The first-order chi connectivity index (χ1) is 10.1. The van der Waals surface area contributed by atoms with E-state index in [0.29, 0.717) is 13.0 Å². The SMILES string of the molecule is CNC(=O)Cc1ccc(NCc2ncc(Br)cc2Br)cc1. The van der Waals surface area contributed by atoms with E-state index in [9.17, 15) is 4.79 Å². The second-order valence-corrected chi connectivity index (χ2v) is 6.25. The second kappa shape index (κ2) is 7.56. The van der Waals surface area contributed by atoms with E-state index < -0.39 is 0 Å². The summed E-state index contributed by atoms with van der Waals surface area (Å²) in [5.74, 6) is 0.0127. The van der Waals surface area contributed by atoms with E-state index in [4.69, 9.17) is 0 Å². The van der Waals surface area contributed by atoms with Crippen LogP contribution in [0.15, 0.2) is 45.5 Å². The van der Waals surface area contributed by atoms with E-state index in [-0.39, 0.29) is 5.91 Å². The molecule has 0 atom stereocenters. The van der Waals surface area contributed by atoms with Gasteiger partial charge in [-0.25, -0.2) is 0 Å². The lowest BCUT2D eigenvalue weighted by molar-refractivity contribution is -0.119. The van der Waals surface area contributed by atoms with E-state index in [1.807, 2.05) is 30.3 Å². The Morgan fingerprint density at radius 1 is 1.24 bits per heavy atom. The zero-order chi connectivity index (χ0) is 15.2. The number of aromatic nitrogens is 1. The number of anilines is 1. The van der Waals surface area contributed by atoms with Gasteiger partial charge in [0.1, 0.15) is 0 Å². The molecule has 1 aromatic carbocycles. The number of hydrogen-bond donors (Lipinski definition) is 2. The summed E-state index contributed by atoms with van der Waals surface area (Å²) in [6.07, 6.45) is 2.17. The molecule has 0 aliphatic heterocycles. The fourth-order valence-corrected chi connectivity index (χ4v) is 2.90. The van der Waals surface area contributed by atoms with Gasteiger partial charge in [0.25, 0.3) is 0 Å². The molecule has 0 saturated heterocycles. The molecular weight excluding hydrogens is 398 g/mol. The van der Waals surface area contributed by atoms with Crippen LogP contribution in [0.5, 0.6) is 0 Å². The van der Waals surface area contributed by atoms with Crippen molar-refractivity contribution >= 4 is 43.5 Å². The van der Waals surface area contributed by atoms with Crippen LogP contribution >= 0.6 is 31.9 Å². The lowest BCUT2D eigenvalue weighted by Crippen LogP contribution is -2.19. The van der Waals surface area contributed by atoms with Gasteiger partial charge in [0.2, 0.25) is 5.91 Å². The first kappa shape index (κ1) is 16.0. The average molecular weight is 413 g/mol. The normalized spacial score (nSPS) is 10.2. The molecule has 1 aromatic heterocycles. The molecule has 0 bridgehead atoms. The summed E-state index contributed by atoms with van der Waals surface area (Å²) in [6.45, 7) is 0.628. The number of nitrogens with zero attached hydrogens (tertiary/aromatic N) is 1. The van der Waals surface area contributed by atoms with Crippen molar-refractivity contribution in [3.05, 3.63) is 56.7 Å². The minimum atomic E-state index is 0.0127. The highest BCUT2D eigenvalue weighted by Gasteiger charge is 2.03. The summed E-state index contributed by atoms with van der Waals surface area (Å²) in [5.41, 5.74) is 2.92. The quantitative estimate of drug-likeness (QED) is 0.789. The zero-order valence-electron chi connectivity index (χ0n) is 11.5. The minimum Gasteiger partial charge on any atom is -0.379 e. The van der Waals surface area contributed by atoms with Gasteiger partial charge in [-0.3, -0.25) is 9.78 Å². The molecule has 2 N–H and O–H groups in total. The van der Waals surface area contributed by atoms with E-state index >= 15 is 0 Å². The van der Waals surface area contributed by atoms with Crippen molar-refractivity contribution in [3.8, 4) is 0 Å². The maximum atomic E-state index is 11.3. The Kier molecular flexibility index (Phi) is 5.76. The lowest BCUT2D eigenvalue weighted by Gasteiger charge is -2.08. The Labute approximate surface area is 140 Å². The smallest absolute Gasteiger partial charge is 0.224 e. The van der Waals surface area contributed by atoms with Crippen molar-refractivity contribution in [3.63, 3.8) is 0 Å². The first-order valence-electron chi connectivity index (χ1n) is 6.42. The molecule has 6 heteroatoms. The molecule has 21 heavy (non-hydrogen) atoms. The molecule has 0 radical (unpaired) electrons. The van der Waals surface area contributed by atoms with Crippen LogP contribution in [-0.2, 0) is 17.8 Å². The lowest BCUT2D eigenvalue weighted by atomic mass is 10.1. The van der Waals surface area contributed by atoms with Crippen LogP contribution in [0.2, 0.25) is 0 Å². The standard InChI is InChI=1S/C15H15Br2N3O/c1-18-15(21)6-10-2-4-12(5-3-10)19-9-14-13(17)7-11(16)8-20-14/h2-5,7-8,19H,6,9H2,1H3,(H,18,21). The summed E-state index contributed by atoms with van der Waals surface area (Å²) in [6, 6.07) is 9.79. The number of carbonyl (C=O) groups is 1. The second-order valence-electron chi connectivity index (χ2n) is 4.48. The molecule has 0 spiro atoms. The highest BCUT2D eigenvalue weighted by Crippen LogP contribution is 2.20. The minimum absolute atomic E-state index is 0.0127. The highest BCUT2D eigenvalue weighted by molar-refractivity contribution is 9.11. The number of rotatable bonds is 5. The van der Waals surface area contributed by atoms with Crippen LogP contribution in [0.4, 0.5) is 5.69 Å². The number of halogens is 2. The molecule has 2 aromatic rings. The van der Waals surface area contributed by atoms with Gasteiger partial charge in [0.15, 0.2) is 0 Å². The van der Waals surface area contributed by atoms with Crippen molar-refractivity contribution in [1.29, 1.82) is 0 Å². The fourth-order valence-electron chi connectivity index (χ4n) is 1.77. The van der Waals surface area contributed by atoms with E-state index in [1.165, 1.54) is 0 Å². The van der Waals surface area contributed by atoms with Gasteiger partial charge in [0, 0.05) is 27.9 Å². The fraction of sp³-hybridized carbons (Fsp3) is 0.200. The molecule has 0 saturated carbocycles. The third-order valence-electron chi connectivity index (χ3n) is 2.94. The maximum absolute atomic E-state index is 11.3. The van der Waals surface area contributed by atoms with Crippen molar-refractivity contribution in [2.45, 2.75) is 13.0 Å².